The van der Waals surface area contributed by atoms with Crippen LogP contribution in [0.15, 0.2) is 82.9 Å². The molecule has 0 unspecified atom stereocenters. The maximum atomic E-state index is 12.6. The third-order valence-corrected chi connectivity index (χ3v) is 32.4. The Morgan fingerprint density at radius 1 is 0.415 bits per heavy atom. The number of aromatic nitrogens is 10. The summed E-state index contributed by atoms with van der Waals surface area (Å²) in [6, 6.07) is 2.13. The molecule has 2 aliphatic heterocycles. The number of hydrogen-bond acceptors (Lipinski definition) is 21. The van der Waals surface area contributed by atoms with E-state index in [0.717, 1.165) is 163 Å². The van der Waals surface area contributed by atoms with Crippen LogP contribution in [0.5, 0.6) is 0 Å². The van der Waals surface area contributed by atoms with E-state index in [1.807, 2.05) is 92.6 Å². The quantitative estimate of drug-likeness (QED) is 0.0723. The molecule has 0 amide bonds. The number of carbonyl (C=O) groups excluding carboxylic acids is 3. The van der Waals surface area contributed by atoms with Gasteiger partial charge in [-0.2, -0.15) is 0 Å². The van der Waals surface area contributed by atoms with Crippen LogP contribution in [0.3, 0.4) is 0 Å². The minimum Gasteiger partial charge on any atom is -0.523 e. The van der Waals surface area contributed by atoms with E-state index in [9.17, 15) is 29.7 Å². The van der Waals surface area contributed by atoms with Crippen LogP contribution in [0.1, 0.15) is 282 Å². The van der Waals surface area contributed by atoms with Crippen molar-refractivity contribution in [3.63, 3.8) is 0 Å². The van der Waals surface area contributed by atoms with Gasteiger partial charge in [0, 0.05) is 129 Å². The summed E-state index contributed by atoms with van der Waals surface area (Å²) in [5.41, 5.74) is 14.9. The lowest BCUT2D eigenvalue weighted by Crippen LogP contribution is -2.56. The van der Waals surface area contributed by atoms with Crippen molar-refractivity contribution in [3.8, 4) is 0 Å². The fourth-order valence-electron chi connectivity index (χ4n) is 25.7. The van der Waals surface area contributed by atoms with Gasteiger partial charge in [0.05, 0.1) is 86.0 Å². The van der Waals surface area contributed by atoms with Gasteiger partial charge in [-0.25, -0.2) is 54.7 Å². The number of carbonyl (C=O) groups is 3. The Hall–Kier alpha value is -8.36. The van der Waals surface area contributed by atoms with Crippen LogP contribution in [-0.4, -0.2) is 121 Å². The standard InChI is InChI=1S/C17H24N2O2.C17H20N2O.C16H19N3O.C16H20N2O2.C15H20N2O.C15H22O4/c1-11-14-5-4-13-10-18-12(2)19-15(13)16(14,3)6-7-17(11)20-8-9-21-17;1-10-14-5-4-13-9-18-11(2)19-16(13)17(14,3)8-12-6-7-20-15(10)12;1-9-12-6-5-11-8-18-10(2)19-15(11)16(12,3)7-13(17-4)14(9)20;1-9-13-5-4-11-7-17-10(2)18-15(11)16(13,3)6-12(8-19)14(9)20;1-9-12-5-4-11-8-16-10(2)17-14(11)15(12,3)7-6-13(9)18;1-10-12-4-3-11(9-16)13(17)14(12,2)5-6-15(10)18-7-8-19-15/h10-11,14H,4-9H2,1-3H3;6-7,9-10,14H,4-5,8H2,1-3H3;8-9,12,20H,5-7H2,1-3H3;7-9,13,19H,4-6H2,1-3H3;8-9,12H,4-7H2,1-3H3;9-10,12,16H,3-8H2,1-2H3/b;;;12-8-;;11-9+/t11-,14-,16-;10-,14-,17-;9-,12-,16-;9-,13-,16-;9-,12-,15-;10-,12-,14-/m000000/s1. The molecule has 7 fully saturated rings. The average Bonchev–Trinajstić information content (AvgIpc) is 1.21. The molecular formula is C96H125N11O11. The number of ketones is 3. The molecule has 12 aliphatic carbocycles. The van der Waals surface area contributed by atoms with Gasteiger partial charge in [0.15, 0.2) is 23.1 Å². The van der Waals surface area contributed by atoms with Crippen LogP contribution in [0.2, 0.25) is 0 Å². The third kappa shape index (κ3) is 14.4. The summed E-state index contributed by atoms with van der Waals surface area (Å²) in [5.74, 6) is 9.32. The summed E-state index contributed by atoms with van der Waals surface area (Å²) < 4.78 is 29.6. The SMILES string of the molecule is C[C@H]1[C@@H]2CC/C(=C\O)C(=O)[C@@]2(C)CCC12OCCO2.Cc1ncc2c(n1)[C@@]1(C)C/C(=C/O)C(=O)[C@@H](C)[C@@H]1CC2.Cc1ncc2c(n1)[C@@]1(C)CCC(=O)[C@@H](C)[C@@H]1CC2.Cc1ncc2c(n1)[C@@]1(C)CCC3(OCCO3)[C@@H](C)[C@@H]1CC2.Cc1ncc2c(n1)[C@@]1(C)Cc3ccoc3[C@@H](C)[C@@H]1CC2.[C-]#[N+]C1=C(O)[C@@H](C)[C@@H]2CCc3cnc(C)nc3[C@@]2(C)C1. The van der Waals surface area contributed by atoms with Crippen molar-refractivity contribution in [2.24, 2.45) is 70.5 Å². The van der Waals surface area contributed by atoms with Gasteiger partial charge < -0.3 is 38.7 Å². The first-order chi connectivity index (χ1) is 56.1. The van der Waals surface area contributed by atoms with Crippen LogP contribution in [0.4, 0.5) is 0 Å². The predicted octanol–water partition coefficient (Wildman–Crippen LogP) is 17.5. The Labute approximate surface area is 697 Å². The normalized spacial score (nSPS) is 35.7. The highest BCUT2D eigenvalue weighted by atomic mass is 16.7. The lowest BCUT2D eigenvalue weighted by atomic mass is 9.54. The highest BCUT2D eigenvalue weighted by Crippen LogP contribution is 2.61. The largest absolute Gasteiger partial charge is 0.523 e. The Morgan fingerprint density at radius 2 is 0.780 bits per heavy atom. The molecule has 0 bridgehead atoms. The molecule has 3 N–H and O–H groups in total. The summed E-state index contributed by atoms with van der Waals surface area (Å²) in [6.45, 7) is 46.2. The van der Waals surface area contributed by atoms with Crippen LogP contribution >= 0.6 is 0 Å². The summed E-state index contributed by atoms with van der Waals surface area (Å²) >= 11 is 0. The number of furan rings is 1. The molecule has 18 atom stereocenters. The minimum atomic E-state index is -0.467. The van der Waals surface area contributed by atoms with Crippen LogP contribution in [-0.2, 0) is 98.9 Å². The van der Waals surface area contributed by atoms with Gasteiger partial charge in [0.1, 0.15) is 40.7 Å². The number of aliphatic hydroxyl groups excluding tert-OH is 3. The molecule has 2 spiro atoms. The zero-order chi connectivity index (χ0) is 84.1. The predicted molar refractivity (Wildman–Crippen MR) is 446 cm³/mol. The van der Waals surface area contributed by atoms with Crippen molar-refractivity contribution in [1.29, 1.82) is 0 Å². The third-order valence-electron chi connectivity index (χ3n) is 32.4. The Bertz CT molecular complexity index is 5010. The van der Waals surface area contributed by atoms with Crippen molar-refractivity contribution >= 4 is 17.3 Å². The molecule has 6 aromatic heterocycles. The van der Waals surface area contributed by atoms with E-state index in [4.69, 9.17) is 44.9 Å². The highest BCUT2D eigenvalue weighted by molar-refractivity contribution is 6.00. The first-order valence-electron chi connectivity index (χ1n) is 44.0. The fraction of sp³-hybridized carbons (Fsp3) is 0.646. The number of aryl methyl sites for hydroxylation is 10. The topological polar surface area (TPSA) is 295 Å². The number of rotatable bonds is 0. The maximum Gasteiger partial charge on any atom is 0.203 e. The second-order valence-electron chi connectivity index (χ2n) is 38.8. The van der Waals surface area contributed by atoms with Crippen molar-refractivity contribution in [1.82, 2.24) is 49.8 Å². The maximum absolute atomic E-state index is 12.6. The lowest BCUT2D eigenvalue weighted by Gasteiger charge is -2.54. The van der Waals surface area contributed by atoms with E-state index in [-0.39, 0.29) is 85.2 Å². The number of allylic oxidation sites excluding steroid dienone is 4. The van der Waals surface area contributed by atoms with Gasteiger partial charge in [-0.3, -0.25) is 14.4 Å². The van der Waals surface area contributed by atoms with E-state index in [1.54, 1.807) is 0 Å². The first kappa shape index (κ1) is 84.7. The molecule has 5 saturated carbocycles. The highest BCUT2D eigenvalue weighted by Gasteiger charge is 2.61. The molecule has 2 saturated heterocycles. The number of aliphatic hydroxyl groups is 3. The van der Waals surface area contributed by atoms with Gasteiger partial charge in [-0.05, 0) is 225 Å². The lowest BCUT2D eigenvalue weighted by molar-refractivity contribution is -0.241. The second-order valence-corrected chi connectivity index (χ2v) is 38.8. The molecule has 118 heavy (non-hydrogen) atoms. The Balaban J connectivity index is 0.000000111. The van der Waals surface area contributed by atoms with E-state index >= 15 is 0 Å². The van der Waals surface area contributed by atoms with E-state index < -0.39 is 5.79 Å². The van der Waals surface area contributed by atoms with Gasteiger partial charge in [-0.15, -0.1) is 0 Å². The van der Waals surface area contributed by atoms with Gasteiger partial charge >= 0.3 is 0 Å². The fourth-order valence-corrected chi connectivity index (χ4v) is 25.7. The second kappa shape index (κ2) is 32.2. The molecule has 22 heteroatoms. The van der Waals surface area contributed by atoms with Crippen LogP contribution < -0.4 is 0 Å². The monoisotopic (exact) mass is 1610 g/mol. The van der Waals surface area contributed by atoms with Crippen LogP contribution in [0.25, 0.3) is 4.85 Å². The van der Waals surface area contributed by atoms with Crippen molar-refractivity contribution < 1.29 is 53.1 Å². The average molecular weight is 1610 g/mol. The van der Waals surface area contributed by atoms with E-state index in [2.05, 4.69) is 108 Å². The van der Waals surface area contributed by atoms with Gasteiger partial charge in [0.2, 0.25) is 5.70 Å². The molecule has 22 nitrogen and oxygen atoms in total. The van der Waals surface area contributed by atoms with Crippen molar-refractivity contribution in [2.75, 3.05) is 26.4 Å². The zero-order valence-electron chi connectivity index (χ0n) is 72.8. The molecule has 8 heterocycles. The van der Waals surface area contributed by atoms with Crippen LogP contribution in [0, 0.1) is 112 Å². The summed E-state index contributed by atoms with van der Waals surface area (Å²) in [5, 5.41) is 28.8. The summed E-state index contributed by atoms with van der Waals surface area (Å²) in [7, 11) is 0. The number of hydrogen-bond donors (Lipinski definition) is 3. The molecule has 6 aromatic rings. The molecule has 630 valence electrons. The molecule has 0 radical (unpaired) electrons. The van der Waals surface area contributed by atoms with E-state index in [1.165, 1.54) is 69.1 Å². The molecule has 20 rings (SSSR count). The minimum absolute atomic E-state index is 0.0290. The van der Waals surface area contributed by atoms with Gasteiger partial charge in [-0.1, -0.05) is 83.1 Å². The summed E-state index contributed by atoms with van der Waals surface area (Å²) in [6.07, 6.45) is 33.4. The molecular weight excluding hydrogens is 1480 g/mol. The van der Waals surface area contributed by atoms with E-state index in [0.29, 0.717) is 103 Å². The molecule has 0 aromatic carbocycles. The smallest absolute Gasteiger partial charge is 0.203 e. The Kier molecular flexibility index (Phi) is 23.1. The number of fused-ring (bicyclic) bond motifs is 17. The zero-order valence-corrected chi connectivity index (χ0v) is 72.8. The van der Waals surface area contributed by atoms with Crippen molar-refractivity contribution in [2.45, 2.75) is 297 Å². The number of ether oxygens (including phenoxy) is 4. The first-order valence-corrected chi connectivity index (χ1v) is 44.0. The van der Waals surface area contributed by atoms with Crippen molar-refractivity contribution in [3.05, 3.63) is 187 Å². The van der Waals surface area contributed by atoms with Gasteiger partial charge in [0.25, 0.3) is 0 Å². The molecule has 14 aliphatic rings. The number of nitrogens with zero attached hydrogens (tertiary/aromatic N) is 11. The number of Topliss-reactive ketones (excluding diaryl/α,β-unsaturated/α-hetero) is 3. The summed E-state index contributed by atoms with van der Waals surface area (Å²) in [4.78, 5) is 85.7. The Morgan fingerprint density at radius 3 is 1.22 bits per heavy atom.